The van der Waals surface area contributed by atoms with E-state index in [9.17, 15) is 9.59 Å². The van der Waals surface area contributed by atoms with Crippen molar-refractivity contribution in [2.24, 2.45) is 5.73 Å². The Balaban J connectivity index is 1.82. The molecular weight excluding hydrogens is 374 g/mol. The van der Waals surface area contributed by atoms with Gasteiger partial charge in [-0.05, 0) is 20.3 Å². The van der Waals surface area contributed by atoms with Gasteiger partial charge in [-0.2, -0.15) is 5.10 Å². The lowest BCUT2D eigenvalue weighted by Crippen LogP contribution is -2.27. The predicted octanol–water partition coefficient (Wildman–Crippen LogP) is 0.991. The number of aromatic nitrogens is 8. The fourth-order valence-electron chi connectivity index (χ4n) is 3.21. The van der Waals surface area contributed by atoms with E-state index in [0.717, 1.165) is 0 Å². The molecule has 0 spiro atoms. The minimum absolute atomic E-state index is 0.125. The first-order valence-corrected chi connectivity index (χ1v) is 9.26. The zero-order valence-electron chi connectivity index (χ0n) is 16.1. The van der Waals surface area contributed by atoms with Crippen LogP contribution in [0.5, 0.6) is 0 Å². The highest BCUT2D eigenvalue weighted by Crippen LogP contribution is 2.22. The summed E-state index contributed by atoms with van der Waals surface area (Å²) in [7, 11) is 0. The van der Waals surface area contributed by atoms with Crippen LogP contribution in [0.4, 0.5) is 0 Å². The number of hydrogen-bond acceptors (Lipinski definition) is 6. The fraction of sp³-hybridized carbons (Fsp3) is 0.333. The van der Waals surface area contributed by atoms with Crippen LogP contribution in [0.3, 0.4) is 0 Å². The summed E-state index contributed by atoms with van der Waals surface area (Å²) in [6.07, 6.45) is 9.14. The molecule has 0 unspecified atom stereocenters. The Labute approximate surface area is 165 Å². The summed E-state index contributed by atoms with van der Waals surface area (Å²) >= 11 is 0. The molecule has 0 saturated heterocycles. The summed E-state index contributed by atoms with van der Waals surface area (Å²) in [5, 5.41) is 9.03. The number of carbonyl (C=O) groups excluding carboxylic acids is 1. The van der Waals surface area contributed by atoms with Gasteiger partial charge in [-0.15, -0.1) is 5.10 Å². The van der Waals surface area contributed by atoms with E-state index in [2.05, 4.69) is 20.1 Å². The molecule has 0 radical (unpaired) electrons. The lowest BCUT2D eigenvalue weighted by atomic mass is 10.3. The Kier molecular flexibility index (Phi) is 4.71. The first-order valence-electron chi connectivity index (χ1n) is 9.26. The second kappa shape index (κ2) is 7.34. The summed E-state index contributed by atoms with van der Waals surface area (Å²) in [5.41, 5.74) is 7.23. The third kappa shape index (κ3) is 3.42. The third-order valence-electron chi connectivity index (χ3n) is 4.56. The molecule has 4 heterocycles. The topological polar surface area (TPSA) is 142 Å². The van der Waals surface area contributed by atoms with Crippen molar-refractivity contribution < 1.29 is 4.79 Å². The van der Waals surface area contributed by atoms with E-state index in [-0.39, 0.29) is 23.2 Å². The molecule has 0 aliphatic carbocycles. The first-order chi connectivity index (χ1) is 14.0. The molecule has 29 heavy (non-hydrogen) atoms. The van der Waals surface area contributed by atoms with Crippen molar-refractivity contribution in [2.75, 3.05) is 0 Å². The van der Waals surface area contributed by atoms with Gasteiger partial charge < -0.3 is 10.7 Å². The zero-order valence-corrected chi connectivity index (χ0v) is 16.1. The number of primary amides is 1. The summed E-state index contributed by atoms with van der Waals surface area (Å²) < 4.78 is 4.83. The molecular formula is C18H21N9O2. The largest absolute Gasteiger partial charge is 0.370 e. The van der Waals surface area contributed by atoms with Crippen LogP contribution in [0, 0.1) is 0 Å². The maximum absolute atomic E-state index is 13.1. The number of fused-ring (bicyclic) bond motifs is 1. The molecule has 4 rings (SSSR count). The zero-order chi connectivity index (χ0) is 20.5. The Morgan fingerprint density at radius 3 is 2.79 bits per heavy atom. The highest BCUT2D eigenvalue weighted by molar-refractivity contribution is 5.73. The van der Waals surface area contributed by atoms with Crippen molar-refractivity contribution in [3.05, 3.63) is 41.5 Å². The summed E-state index contributed by atoms with van der Waals surface area (Å²) in [4.78, 5) is 35.4. The Morgan fingerprint density at radius 1 is 1.28 bits per heavy atom. The van der Waals surface area contributed by atoms with E-state index >= 15 is 0 Å². The van der Waals surface area contributed by atoms with Crippen molar-refractivity contribution >= 4 is 11.6 Å². The molecule has 0 atom stereocenters. The van der Waals surface area contributed by atoms with Crippen molar-refractivity contribution in [2.45, 2.75) is 39.3 Å². The van der Waals surface area contributed by atoms with Gasteiger partial charge in [0.05, 0.1) is 36.2 Å². The molecule has 0 aromatic carbocycles. The number of amides is 1. The SMILES string of the molecule is CC(C)n1c(-c2cnn(CCCC(N)=O)c2)nn2c(-c3cnc[nH]3)cnc2c1=O. The number of aryl methyl sites for hydroxylation is 1. The van der Waals surface area contributed by atoms with E-state index in [1.165, 1.54) is 4.52 Å². The van der Waals surface area contributed by atoms with Crippen LogP contribution in [0.1, 0.15) is 32.7 Å². The molecule has 1 amide bonds. The number of aromatic amines is 1. The van der Waals surface area contributed by atoms with Gasteiger partial charge in [-0.3, -0.25) is 18.8 Å². The van der Waals surface area contributed by atoms with Crippen molar-refractivity contribution in [1.29, 1.82) is 0 Å². The van der Waals surface area contributed by atoms with Crippen LogP contribution in [-0.2, 0) is 11.3 Å². The van der Waals surface area contributed by atoms with Crippen LogP contribution in [0.15, 0.2) is 35.9 Å². The number of hydrogen-bond donors (Lipinski definition) is 2. The van der Waals surface area contributed by atoms with Crippen molar-refractivity contribution in [3.63, 3.8) is 0 Å². The van der Waals surface area contributed by atoms with Crippen LogP contribution in [-0.4, -0.2) is 44.8 Å². The van der Waals surface area contributed by atoms with E-state index in [4.69, 9.17) is 10.8 Å². The average Bonchev–Trinajstić information content (AvgIpc) is 3.41. The highest BCUT2D eigenvalue weighted by atomic mass is 16.1. The monoisotopic (exact) mass is 395 g/mol. The molecule has 4 aromatic rings. The molecule has 11 heteroatoms. The number of carbonyl (C=O) groups is 1. The standard InChI is InChI=1S/C18H21N9O2/c1-11(2)26-16(12-6-23-25(9-12)5-3-4-15(19)28)24-27-14(13-7-20-10-22-13)8-21-17(27)18(26)29/h6-11H,3-5H2,1-2H3,(H2,19,28)(H,20,22). The smallest absolute Gasteiger partial charge is 0.297 e. The predicted molar refractivity (Wildman–Crippen MR) is 105 cm³/mol. The molecule has 0 aliphatic rings. The van der Waals surface area contributed by atoms with Crippen LogP contribution in [0.25, 0.3) is 28.4 Å². The number of rotatable bonds is 7. The quantitative estimate of drug-likeness (QED) is 0.478. The maximum Gasteiger partial charge on any atom is 0.297 e. The third-order valence-corrected chi connectivity index (χ3v) is 4.56. The lowest BCUT2D eigenvalue weighted by molar-refractivity contribution is -0.118. The second-order valence-electron chi connectivity index (χ2n) is 7.00. The molecule has 0 bridgehead atoms. The van der Waals surface area contributed by atoms with Gasteiger partial charge in [-0.1, -0.05) is 0 Å². The summed E-state index contributed by atoms with van der Waals surface area (Å²) in [5.74, 6) is 0.141. The highest BCUT2D eigenvalue weighted by Gasteiger charge is 2.20. The van der Waals surface area contributed by atoms with Gasteiger partial charge >= 0.3 is 0 Å². The molecule has 4 aromatic heterocycles. The number of H-pyrrole nitrogens is 1. The minimum Gasteiger partial charge on any atom is -0.370 e. The number of imidazole rings is 2. The summed E-state index contributed by atoms with van der Waals surface area (Å²) in [6.45, 7) is 4.37. The van der Waals surface area contributed by atoms with Crippen LogP contribution >= 0.6 is 0 Å². The Hall–Kier alpha value is -3.76. The minimum atomic E-state index is -0.343. The van der Waals surface area contributed by atoms with Crippen LogP contribution in [0.2, 0.25) is 0 Å². The van der Waals surface area contributed by atoms with Crippen molar-refractivity contribution in [1.82, 2.24) is 38.9 Å². The molecule has 0 aliphatic heterocycles. The second-order valence-corrected chi connectivity index (χ2v) is 7.00. The number of nitrogens with two attached hydrogens (primary N) is 1. The fourth-order valence-corrected chi connectivity index (χ4v) is 3.21. The molecule has 11 nitrogen and oxygen atoms in total. The van der Waals surface area contributed by atoms with Gasteiger partial charge in [-0.25, -0.2) is 14.5 Å². The van der Waals surface area contributed by atoms with Crippen molar-refractivity contribution in [3.8, 4) is 22.8 Å². The van der Waals surface area contributed by atoms with E-state index in [1.807, 2.05) is 13.8 Å². The summed E-state index contributed by atoms with van der Waals surface area (Å²) in [6, 6.07) is -0.125. The molecule has 150 valence electrons. The van der Waals surface area contributed by atoms with Gasteiger partial charge in [0.1, 0.15) is 5.69 Å². The Bertz CT molecular complexity index is 1210. The van der Waals surface area contributed by atoms with Gasteiger partial charge in [0.2, 0.25) is 11.6 Å². The maximum atomic E-state index is 13.1. The van der Waals surface area contributed by atoms with E-state index < -0.39 is 0 Å². The van der Waals surface area contributed by atoms with Gasteiger partial charge in [0.25, 0.3) is 5.56 Å². The van der Waals surface area contributed by atoms with Crippen LogP contribution < -0.4 is 11.3 Å². The molecule has 0 saturated carbocycles. The van der Waals surface area contributed by atoms with E-state index in [1.54, 1.807) is 40.4 Å². The van der Waals surface area contributed by atoms with E-state index in [0.29, 0.717) is 42.2 Å². The van der Waals surface area contributed by atoms with Gasteiger partial charge in [0, 0.05) is 25.2 Å². The van der Waals surface area contributed by atoms with Gasteiger partial charge in [0.15, 0.2) is 5.82 Å². The first kappa shape index (κ1) is 18.6. The average molecular weight is 395 g/mol. The normalized spacial score (nSPS) is 11.6. The Morgan fingerprint density at radius 2 is 2.10 bits per heavy atom. The molecule has 3 N–H and O–H groups in total. The molecule has 0 fully saturated rings. The lowest BCUT2D eigenvalue weighted by Gasteiger charge is -2.15. The number of nitrogens with one attached hydrogen (secondary N) is 1. The number of nitrogens with zero attached hydrogens (tertiary/aromatic N) is 7.